The van der Waals surface area contributed by atoms with Crippen LogP contribution in [-0.4, -0.2) is 51.1 Å². The highest BCUT2D eigenvalue weighted by Crippen LogP contribution is 2.36. The summed E-state index contributed by atoms with van der Waals surface area (Å²) in [4.78, 5) is 36.8. The van der Waals surface area contributed by atoms with Gasteiger partial charge >= 0.3 is 6.03 Å². The highest BCUT2D eigenvalue weighted by atomic mass is 16.5. The Morgan fingerprint density at radius 2 is 1.90 bits per heavy atom. The number of hydrogen-bond donors (Lipinski definition) is 3. The van der Waals surface area contributed by atoms with Crippen molar-refractivity contribution < 1.29 is 19.6 Å². The van der Waals surface area contributed by atoms with Crippen molar-refractivity contribution in [2.24, 2.45) is 5.92 Å². The van der Waals surface area contributed by atoms with Crippen molar-refractivity contribution in [2.45, 2.75) is 44.2 Å². The zero-order valence-corrected chi connectivity index (χ0v) is 11.3. The summed E-state index contributed by atoms with van der Waals surface area (Å²) < 4.78 is 0. The Bertz CT molecular complexity index is 478. The molecular formula is C12H18N4O4. The minimum Gasteiger partial charge on any atom is -0.308 e. The van der Waals surface area contributed by atoms with Crippen LogP contribution in [-0.2, 0) is 9.59 Å². The number of hydroxylamine groups is 2. The molecule has 4 amide bonds. The number of hydrogen-bond acceptors (Lipinski definition) is 4. The molecule has 2 atom stereocenters. The number of nitrogens with zero attached hydrogens (tertiary/aromatic N) is 2. The summed E-state index contributed by atoms with van der Waals surface area (Å²) >= 11 is 0. The Hall–Kier alpha value is -1.83. The molecule has 8 nitrogen and oxygen atoms in total. The fraction of sp³-hybridized carbons (Fsp3) is 0.750. The van der Waals surface area contributed by atoms with Crippen LogP contribution >= 0.6 is 0 Å². The molecular weight excluding hydrogens is 264 g/mol. The first-order chi connectivity index (χ1) is 9.42. The van der Waals surface area contributed by atoms with Crippen LogP contribution in [0.4, 0.5) is 4.79 Å². The van der Waals surface area contributed by atoms with Crippen LogP contribution in [0.15, 0.2) is 0 Å². The lowest BCUT2D eigenvalue weighted by Gasteiger charge is -2.34. The van der Waals surface area contributed by atoms with E-state index in [1.807, 2.05) is 0 Å². The van der Waals surface area contributed by atoms with E-state index >= 15 is 0 Å². The number of nitrogens with one attached hydrogen (secondary N) is 2. The van der Waals surface area contributed by atoms with E-state index in [0.717, 1.165) is 12.8 Å². The normalized spacial score (nSPS) is 32.3. The van der Waals surface area contributed by atoms with Gasteiger partial charge in [0.2, 0.25) is 5.91 Å². The van der Waals surface area contributed by atoms with Crippen LogP contribution in [0, 0.1) is 5.92 Å². The third-order valence-electron chi connectivity index (χ3n) is 4.34. The van der Waals surface area contributed by atoms with Gasteiger partial charge in [0.05, 0.1) is 5.54 Å². The quantitative estimate of drug-likeness (QED) is 0.473. The predicted octanol–water partition coefficient (Wildman–Crippen LogP) is -0.408. The van der Waals surface area contributed by atoms with Crippen molar-refractivity contribution in [2.75, 3.05) is 6.54 Å². The van der Waals surface area contributed by atoms with Gasteiger partial charge in [-0.3, -0.25) is 25.6 Å². The topological polar surface area (TPSA) is 102 Å². The Labute approximate surface area is 116 Å². The standard InChI is InChI=1S/C12H18N4O4/c1-12-5-4-8(15(6-12)11(19)16(12)20)10(18)14-13-9(17)7-2-3-7/h7-8,20H,2-6H2,1H3,(H,13,17)(H,14,18). The Kier molecular flexibility index (Phi) is 2.86. The van der Waals surface area contributed by atoms with E-state index in [2.05, 4.69) is 10.9 Å². The maximum Gasteiger partial charge on any atom is 0.345 e. The molecule has 1 aliphatic carbocycles. The average Bonchev–Trinajstić information content (AvgIpc) is 3.24. The van der Waals surface area contributed by atoms with E-state index in [9.17, 15) is 19.6 Å². The maximum absolute atomic E-state index is 12.1. The molecule has 0 radical (unpaired) electrons. The molecule has 3 fully saturated rings. The summed E-state index contributed by atoms with van der Waals surface area (Å²) in [7, 11) is 0. The molecule has 1 saturated carbocycles. The van der Waals surface area contributed by atoms with Crippen molar-refractivity contribution >= 4 is 17.8 Å². The Balaban J connectivity index is 1.61. The highest BCUT2D eigenvalue weighted by molar-refractivity contribution is 5.90. The first-order valence-corrected chi connectivity index (χ1v) is 6.82. The number of piperidine rings is 1. The third kappa shape index (κ3) is 2.00. The van der Waals surface area contributed by atoms with Gasteiger partial charge in [-0.2, -0.15) is 5.06 Å². The Morgan fingerprint density at radius 3 is 2.55 bits per heavy atom. The molecule has 20 heavy (non-hydrogen) atoms. The van der Waals surface area contributed by atoms with Crippen molar-refractivity contribution in [1.82, 2.24) is 20.8 Å². The summed E-state index contributed by atoms with van der Waals surface area (Å²) in [5, 5.41) is 10.5. The molecule has 0 aromatic rings. The minimum atomic E-state index is -0.646. The fourth-order valence-electron chi connectivity index (χ4n) is 2.81. The number of fused-ring (bicyclic) bond motifs is 2. The van der Waals surface area contributed by atoms with Gasteiger partial charge in [0, 0.05) is 12.5 Å². The number of rotatable bonds is 2. The summed E-state index contributed by atoms with van der Waals surface area (Å²) in [6.07, 6.45) is 2.71. The minimum absolute atomic E-state index is 0.00583. The highest BCUT2D eigenvalue weighted by Gasteiger charge is 2.53. The van der Waals surface area contributed by atoms with Crippen LogP contribution in [0.3, 0.4) is 0 Å². The van der Waals surface area contributed by atoms with E-state index in [-0.39, 0.29) is 11.8 Å². The van der Waals surface area contributed by atoms with Crippen LogP contribution < -0.4 is 10.9 Å². The largest absolute Gasteiger partial charge is 0.345 e. The monoisotopic (exact) mass is 282 g/mol. The van der Waals surface area contributed by atoms with E-state index < -0.39 is 23.5 Å². The molecule has 0 spiro atoms. The van der Waals surface area contributed by atoms with Crippen LogP contribution in [0.2, 0.25) is 0 Å². The van der Waals surface area contributed by atoms with Gasteiger partial charge in [-0.25, -0.2) is 4.79 Å². The van der Waals surface area contributed by atoms with Crippen LogP contribution in [0.25, 0.3) is 0 Å². The molecule has 110 valence electrons. The summed E-state index contributed by atoms with van der Waals surface area (Å²) in [6, 6.07) is -1.20. The molecule has 0 aromatic carbocycles. The second kappa shape index (κ2) is 4.34. The van der Waals surface area contributed by atoms with Crippen molar-refractivity contribution in [1.29, 1.82) is 0 Å². The first-order valence-electron chi connectivity index (χ1n) is 6.82. The number of urea groups is 1. The zero-order valence-electron chi connectivity index (χ0n) is 11.3. The molecule has 0 aromatic heterocycles. The molecule has 2 bridgehead atoms. The fourth-order valence-corrected chi connectivity index (χ4v) is 2.81. The van der Waals surface area contributed by atoms with E-state index in [0.29, 0.717) is 24.4 Å². The maximum atomic E-state index is 12.1. The number of carbonyl (C=O) groups is 3. The second-order valence-corrected chi connectivity index (χ2v) is 6.03. The third-order valence-corrected chi connectivity index (χ3v) is 4.34. The number of carbonyl (C=O) groups excluding carboxylic acids is 3. The lowest BCUT2D eigenvalue weighted by Crippen LogP contribution is -2.55. The van der Waals surface area contributed by atoms with Gasteiger partial charge in [-0.15, -0.1) is 0 Å². The summed E-state index contributed by atoms with van der Waals surface area (Å²) in [6.45, 7) is 2.10. The van der Waals surface area contributed by atoms with E-state index in [1.54, 1.807) is 6.92 Å². The molecule has 3 aliphatic rings. The molecule has 8 heteroatoms. The molecule has 3 N–H and O–H groups in total. The van der Waals surface area contributed by atoms with Gasteiger partial charge in [0.25, 0.3) is 5.91 Å². The van der Waals surface area contributed by atoms with Crippen LogP contribution in [0.1, 0.15) is 32.6 Å². The lowest BCUT2D eigenvalue weighted by atomic mass is 9.89. The average molecular weight is 282 g/mol. The number of hydrazine groups is 1. The van der Waals surface area contributed by atoms with Crippen LogP contribution in [0.5, 0.6) is 0 Å². The first kappa shape index (κ1) is 13.2. The van der Waals surface area contributed by atoms with Gasteiger partial charge in [0.15, 0.2) is 0 Å². The summed E-state index contributed by atoms with van der Waals surface area (Å²) in [5.74, 6) is -0.591. The SMILES string of the molecule is CC12CCC(C(=O)NNC(=O)C3CC3)N(C1)C(=O)N2O. The van der Waals surface area contributed by atoms with E-state index in [1.165, 1.54) is 4.90 Å². The zero-order chi connectivity index (χ0) is 14.5. The van der Waals surface area contributed by atoms with Gasteiger partial charge in [0.1, 0.15) is 6.04 Å². The van der Waals surface area contributed by atoms with Crippen molar-refractivity contribution in [3.8, 4) is 0 Å². The van der Waals surface area contributed by atoms with Crippen molar-refractivity contribution in [3.63, 3.8) is 0 Å². The molecule has 2 saturated heterocycles. The smallest absolute Gasteiger partial charge is 0.308 e. The lowest BCUT2D eigenvalue weighted by molar-refractivity contribution is -0.133. The summed E-state index contributed by atoms with van der Waals surface area (Å²) in [5.41, 5.74) is 4.13. The van der Waals surface area contributed by atoms with E-state index in [4.69, 9.17) is 0 Å². The van der Waals surface area contributed by atoms with Gasteiger partial charge in [-0.05, 0) is 32.6 Å². The predicted molar refractivity (Wildman–Crippen MR) is 66.2 cm³/mol. The molecule has 2 aliphatic heterocycles. The van der Waals surface area contributed by atoms with Crippen molar-refractivity contribution in [3.05, 3.63) is 0 Å². The van der Waals surface area contributed by atoms with Gasteiger partial charge < -0.3 is 4.90 Å². The van der Waals surface area contributed by atoms with Gasteiger partial charge in [-0.1, -0.05) is 0 Å². The second-order valence-electron chi connectivity index (χ2n) is 6.03. The number of amides is 4. The molecule has 2 heterocycles. The molecule has 3 rings (SSSR count). The Morgan fingerprint density at radius 1 is 1.25 bits per heavy atom. The molecule has 2 unspecified atom stereocenters.